The van der Waals surface area contributed by atoms with Gasteiger partial charge in [-0.25, -0.2) is 9.80 Å². The van der Waals surface area contributed by atoms with E-state index in [1.54, 1.807) is 56.3 Å². The topological polar surface area (TPSA) is 261 Å². The van der Waals surface area contributed by atoms with Gasteiger partial charge in [-0.15, -0.1) is 0 Å². The van der Waals surface area contributed by atoms with Crippen LogP contribution in [0.15, 0.2) is 54.6 Å². The van der Waals surface area contributed by atoms with Gasteiger partial charge in [-0.2, -0.15) is 12.6 Å². The van der Waals surface area contributed by atoms with Crippen LogP contribution in [0.4, 0.5) is 10.5 Å². The fourth-order valence-electron chi connectivity index (χ4n) is 5.92. The Bertz CT molecular complexity index is 1760. The molecule has 0 saturated carbocycles. The molecule has 1 heterocycles. The number of carboxylic acids is 2. The minimum Gasteiger partial charge on any atom is -0.481 e. The van der Waals surface area contributed by atoms with E-state index in [9.17, 15) is 53.7 Å². The molecule has 0 radical (unpaired) electrons. The predicted molar refractivity (Wildman–Crippen MR) is 207 cm³/mol. The number of para-hydroxylation sites is 1. The Hall–Kier alpha value is -5.69. The maximum atomic E-state index is 13.6. The molecule has 3 rings (SSSR count). The first-order valence-corrected chi connectivity index (χ1v) is 18.9. The number of rotatable bonds is 19. The SMILES string of the molecule is CC(C)C[C@H](NC(=O)OCc1ccccc1)C(=O)N[C@@H](CCC(=O)O)C(=O)N[C@H](C(=O)NN(CC(=O)O)C(=O)[C@H](S)CC(=O)N1CCCc2ccccc21)[C@@H](C)O. The number of nitrogens with zero attached hydrogens (tertiary/aromatic N) is 2. The smallest absolute Gasteiger partial charge is 0.408 e. The first-order valence-electron chi connectivity index (χ1n) is 18.3. The van der Waals surface area contributed by atoms with Crippen molar-refractivity contribution in [1.29, 1.82) is 0 Å². The molecule has 0 aromatic heterocycles. The van der Waals surface area contributed by atoms with Gasteiger partial charge in [0.2, 0.25) is 17.7 Å². The summed E-state index contributed by atoms with van der Waals surface area (Å²) in [5.74, 6) is -7.79. The Morgan fingerprint density at radius 2 is 1.49 bits per heavy atom. The van der Waals surface area contributed by atoms with Crippen LogP contribution in [0.5, 0.6) is 0 Å². The van der Waals surface area contributed by atoms with Crippen LogP contribution >= 0.6 is 12.6 Å². The van der Waals surface area contributed by atoms with Crippen molar-refractivity contribution in [3.63, 3.8) is 0 Å². The van der Waals surface area contributed by atoms with Crippen LogP contribution in [0, 0.1) is 5.92 Å². The molecule has 0 unspecified atom stereocenters. The number of carbonyl (C=O) groups is 8. The zero-order chi connectivity index (χ0) is 42.2. The second-order valence-corrected chi connectivity index (χ2v) is 14.5. The lowest BCUT2D eigenvalue weighted by Crippen LogP contribution is -2.62. The third-order valence-corrected chi connectivity index (χ3v) is 9.14. The van der Waals surface area contributed by atoms with Gasteiger partial charge < -0.3 is 40.9 Å². The summed E-state index contributed by atoms with van der Waals surface area (Å²) in [4.78, 5) is 104. The van der Waals surface area contributed by atoms with Crippen molar-refractivity contribution in [3.8, 4) is 0 Å². The average molecular weight is 815 g/mol. The fraction of sp³-hybridized carbons (Fsp3) is 0.474. The molecule has 0 aliphatic carbocycles. The van der Waals surface area contributed by atoms with Crippen LogP contribution in [0.25, 0.3) is 0 Å². The van der Waals surface area contributed by atoms with Crippen molar-refractivity contribution >= 4 is 65.9 Å². The standard InChI is InChI=1S/C38H50N6O12S/c1-22(2)18-27(40-38(55)56-21-24-10-5-4-6-11-24)35(52)39-26(15-16-31(47)48)34(51)41-33(23(3)45)36(53)42-44(20-32(49)50)37(54)29(57)19-30(46)43-17-9-13-25-12-7-8-14-28(25)43/h4-8,10-12,14,22-23,26-27,29,33,45,57H,9,13,15-21H2,1-3H3,(H,39,52)(H,40,55)(H,41,51)(H,42,53)(H,47,48)(H,49,50)/t23-,26+,27+,29-,33+/m1/s1. The Morgan fingerprint density at radius 1 is 0.842 bits per heavy atom. The van der Waals surface area contributed by atoms with Crippen LogP contribution in [0.2, 0.25) is 0 Å². The van der Waals surface area contributed by atoms with Gasteiger partial charge in [0, 0.05) is 25.1 Å². The predicted octanol–water partition coefficient (Wildman–Crippen LogP) is 1.16. The molecule has 2 aromatic rings. The number of amides is 6. The highest BCUT2D eigenvalue weighted by Crippen LogP contribution is 2.28. The molecule has 6 amide bonds. The number of carbonyl (C=O) groups excluding carboxylic acids is 6. The molecule has 1 aliphatic heterocycles. The second kappa shape index (κ2) is 22.2. The number of hydrazine groups is 1. The van der Waals surface area contributed by atoms with Gasteiger partial charge in [-0.3, -0.25) is 39.0 Å². The van der Waals surface area contributed by atoms with Crippen molar-refractivity contribution in [2.24, 2.45) is 5.92 Å². The molecule has 0 fully saturated rings. The van der Waals surface area contributed by atoms with E-state index in [2.05, 4.69) is 34.0 Å². The molecule has 1 aliphatic rings. The summed E-state index contributed by atoms with van der Waals surface area (Å²) >= 11 is 4.25. The normalized spacial score (nSPS) is 14.7. The van der Waals surface area contributed by atoms with E-state index in [1.165, 1.54) is 4.90 Å². The second-order valence-electron chi connectivity index (χ2n) is 13.9. The number of nitrogens with one attached hydrogen (secondary N) is 4. The Morgan fingerprint density at radius 3 is 2.12 bits per heavy atom. The summed E-state index contributed by atoms with van der Waals surface area (Å²) in [6.07, 6.45) is -2.61. The van der Waals surface area contributed by atoms with Gasteiger partial charge >= 0.3 is 18.0 Å². The number of hydrogen-bond acceptors (Lipinski definition) is 11. The van der Waals surface area contributed by atoms with Gasteiger partial charge in [0.1, 0.15) is 31.3 Å². The lowest BCUT2D eigenvalue weighted by Gasteiger charge is -2.31. The van der Waals surface area contributed by atoms with Crippen molar-refractivity contribution < 1.29 is 58.4 Å². The first kappa shape index (κ1) is 45.7. The number of benzene rings is 2. The number of fused-ring (bicyclic) bond motifs is 1. The van der Waals surface area contributed by atoms with Gasteiger partial charge in [0.15, 0.2) is 0 Å². The largest absolute Gasteiger partial charge is 0.481 e. The summed E-state index contributed by atoms with van der Waals surface area (Å²) in [6, 6.07) is 11.3. The van der Waals surface area contributed by atoms with Gasteiger partial charge in [0.25, 0.3) is 11.8 Å². The number of carboxylic acid groups (broad SMARTS) is 2. The summed E-state index contributed by atoms with van der Waals surface area (Å²) in [5.41, 5.74) is 4.39. The van der Waals surface area contributed by atoms with Crippen molar-refractivity contribution in [1.82, 2.24) is 26.4 Å². The van der Waals surface area contributed by atoms with Gasteiger partial charge in [-0.1, -0.05) is 62.4 Å². The number of anilines is 1. The molecule has 0 spiro atoms. The molecule has 7 N–H and O–H groups in total. The number of ether oxygens (including phenoxy) is 1. The molecule has 0 bridgehead atoms. The molecular formula is C38H50N6O12S. The molecule has 0 saturated heterocycles. The van der Waals surface area contributed by atoms with E-state index in [0.29, 0.717) is 29.2 Å². The van der Waals surface area contributed by atoms with Gasteiger partial charge in [-0.05, 0) is 55.7 Å². The van der Waals surface area contributed by atoms with Crippen LogP contribution in [-0.4, -0.2) is 110 Å². The quantitative estimate of drug-likeness (QED) is 0.0734. The lowest BCUT2D eigenvalue weighted by atomic mass is 10.0. The highest BCUT2D eigenvalue weighted by Gasteiger charge is 2.35. The Kier molecular flexibility index (Phi) is 17.8. The maximum Gasteiger partial charge on any atom is 0.408 e. The number of thiol groups is 1. The fourth-order valence-corrected chi connectivity index (χ4v) is 6.22. The van der Waals surface area contributed by atoms with Crippen LogP contribution in [-0.2, 0) is 51.3 Å². The third-order valence-electron chi connectivity index (χ3n) is 8.74. The number of aliphatic hydroxyl groups is 1. The van der Waals surface area contributed by atoms with E-state index in [1.807, 2.05) is 12.1 Å². The summed E-state index contributed by atoms with van der Waals surface area (Å²) < 4.78 is 5.23. The molecule has 18 nitrogen and oxygen atoms in total. The Labute approximate surface area is 335 Å². The highest BCUT2D eigenvalue weighted by atomic mass is 32.1. The number of aryl methyl sites for hydroxylation is 1. The number of hydrogen-bond donors (Lipinski definition) is 8. The molecule has 2 aromatic carbocycles. The molecule has 19 heteroatoms. The lowest BCUT2D eigenvalue weighted by molar-refractivity contribution is -0.151. The molecule has 5 atom stereocenters. The number of alkyl carbamates (subject to hydrolysis) is 1. The number of aliphatic carboxylic acids is 2. The average Bonchev–Trinajstić information content (AvgIpc) is 3.16. The van der Waals surface area contributed by atoms with E-state index >= 15 is 0 Å². The van der Waals surface area contributed by atoms with E-state index in [0.717, 1.165) is 18.9 Å². The monoisotopic (exact) mass is 814 g/mol. The Balaban J connectivity index is 1.72. The summed E-state index contributed by atoms with van der Waals surface area (Å²) in [5, 5.41) is 35.5. The van der Waals surface area contributed by atoms with Crippen molar-refractivity contribution in [2.45, 2.75) is 95.4 Å². The van der Waals surface area contributed by atoms with Crippen LogP contribution in [0.1, 0.15) is 64.0 Å². The maximum absolute atomic E-state index is 13.6. The van der Waals surface area contributed by atoms with E-state index in [4.69, 9.17) is 4.74 Å². The van der Waals surface area contributed by atoms with Gasteiger partial charge in [0.05, 0.1) is 11.4 Å². The molecular weight excluding hydrogens is 765 g/mol. The van der Waals surface area contributed by atoms with Crippen molar-refractivity contribution in [2.75, 3.05) is 18.0 Å². The summed E-state index contributed by atoms with van der Waals surface area (Å²) in [6.45, 7) is 3.87. The van der Waals surface area contributed by atoms with Crippen LogP contribution < -0.4 is 26.3 Å². The zero-order valence-electron chi connectivity index (χ0n) is 31.9. The van der Waals surface area contributed by atoms with E-state index in [-0.39, 0.29) is 18.9 Å². The molecule has 310 valence electrons. The van der Waals surface area contributed by atoms with E-state index < -0.39 is 103 Å². The number of aliphatic hydroxyl groups excluding tert-OH is 1. The van der Waals surface area contributed by atoms with Crippen molar-refractivity contribution in [3.05, 3.63) is 65.7 Å². The molecule has 57 heavy (non-hydrogen) atoms. The minimum absolute atomic E-state index is 0.0920. The first-order chi connectivity index (χ1) is 27.0. The van der Waals surface area contributed by atoms with Crippen LogP contribution in [0.3, 0.4) is 0 Å². The minimum atomic E-state index is -1.87. The highest BCUT2D eigenvalue weighted by molar-refractivity contribution is 7.81. The zero-order valence-corrected chi connectivity index (χ0v) is 32.8. The third kappa shape index (κ3) is 14.7. The summed E-state index contributed by atoms with van der Waals surface area (Å²) in [7, 11) is 0.